The van der Waals surface area contributed by atoms with E-state index in [1.165, 1.54) is 12.1 Å². The molecule has 1 heterocycles. The van der Waals surface area contributed by atoms with E-state index in [4.69, 9.17) is 22.9 Å². The molecule has 3 rings (SSSR count). The lowest BCUT2D eigenvalue weighted by Crippen LogP contribution is -2.58. The van der Waals surface area contributed by atoms with Crippen LogP contribution in [0.2, 0.25) is 0 Å². The number of carboxylic acids is 1. The quantitative estimate of drug-likeness (QED) is 0.0462. The topological polar surface area (TPSA) is 294 Å². The van der Waals surface area contributed by atoms with Crippen LogP contribution in [0.3, 0.4) is 0 Å². The fourth-order valence-electron chi connectivity index (χ4n) is 4.71. The first-order chi connectivity index (χ1) is 21.8. The molecule has 0 aliphatic carbocycles. The number of carboxylic acid groups (broad SMARTS) is 1. The number of aliphatic carboxylic acids is 1. The van der Waals surface area contributed by atoms with E-state index < -0.39 is 60.2 Å². The molecule has 0 spiro atoms. The Balaban J connectivity index is 1.84. The first-order valence-electron chi connectivity index (χ1n) is 14.4. The molecule has 0 saturated carbocycles. The number of aliphatic imine (C=N–C) groups is 1. The third-order valence-electron chi connectivity index (χ3n) is 7.06. The number of amides is 4. The van der Waals surface area contributed by atoms with Crippen molar-refractivity contribution in [1.82, 2.24) is 20.9 Å². The van der Waals surface area contributed by atoms with Gasteiger partial charge in [-0.1, -0.05) is 30.3 Å². The van der Waals surface area contributed by atoms with E-state index in [-0.39, 0.29) is 43.9 Å². The molecule has 4 amide bonds. The highest BCUT2D eigenvalue weighted by Gasteiger charge is 2.31. The van der Waals surface area contributed by atoms with Crippen LogP contribution < -0.4 is 38.9 Å². The van der Waals surface area contributed by atoms with E-state index in [9.17, 15) is 34.2 Å². The molecule has 0 aliphatic heterocycles. The Hall–Kier alpha value is -5.64. The highest BCUT2D eigenvalue weighted by Crippen LogP contribution is 2.19. The van der Waals surface area contributed by atoms with Crippen molar-refractivity contribution < 1.29 is 34.2 Å². The van der Waals surface area contributed by atoms with Crippen molar-refractivity contribution in [3.8, 4) is 5.75 Å². The smallest absolute Gasteiger partial charge is 0.326 e. The first kappa shape index (κ1) is 34.8. The molecule has 4 atom stereocenters. The predicted molar refractivity (Wildman–Crippen MR) is 169 cm³/mol. The molecule has 16 heteroatoms. The Bertz CT molecular complexity index is 1570. The second kappa shape index (κ2) is 16.4. The highest BCUT2D eigenvalue weighted by atomic mass is 16.4. The molecule has 4 unspecified atom stereocenters. The lowest BCUT2D eigenvalue weighted by atomic mass is 10.0. The predicted octanol–water partition coefficient (Wildman–Crippen LogP) is -1.55. The number of nitrogens with two attached hydrogens (primary N) is 4. The van der Waals surface area contributed by atoms with Gasteiger partial charge in [-0.2, -0.15) is 0 Å². The van der Waals surface area contributed by atoms with E-state index in [0.717, 1.165) is 10.9 Å². The molecule has 0 saturated heterocycles. The maximum absolute atomic E-state index is 13.7. The van der Waals surface area contributed by atoms with Crippen molar-refractivity contribution in [3.05, 3.63) is 65.9 Å². The van der Waals surface area contributed by atoms with E-state index in [2.05, 4.69) is 25.9 Å². The van der Waals surface area contributed by atoms with Gasteiger partial charge in [0.25, 0.3) is 0 Å². The largest absolute Gasteiger partial charge is 0.508 e. The van der Waals surface area contributed by atoms with Gasteiger partial charge in [-0.25, -0.2) is 4.79 Å². The van der Waals surface area contributed by atoms with Crippen LogP contribution in [-0.2, 0) is 36.8 Å². The number of primary amides is 1. The number of H-pyrrole nitrogens is 1. The Labute approximate surface area is 264 Å². The lowest BCUT2D eigenvalue weighted by Gasteiger charge is -2.25. The maximum atomic E-state index is 13.7. The number of phenols is 1. The number of nitrogens with zero attached hydrogens (tertiary/aromatic N) is 1. The van der Waals surface area contributed by atoms with Crippen molar-refractivity contribution in [2.24, 2.45) is 27.9 Å². The van der Waals surface area contributed by atoms with Gasteiger partial charge in [0.15, 0.2) is 5.96 Å². The van der Waals surface area contributed by atoms with Gasteiger partial charge in [0, 0.05) is 30.1 Å². The van der Waals surface area contributed by atoms with E-state index in [0.29, 0.717) is 11.1 Å². The van der Waals surface area contributed by atoms with Crippen molar-refractivity contribution in [1.29, 1.82) is 0 Å². The third-order valence-corrected chi connectivity index (χ3v) is 7.06. The number of fused-ring (bicyclic) bond motifs is 1. The highest BCUT2D eigenvalue weighted by molar-refractivity contribution is 5.95. The van der Waals surface area contributed by atoms with Gasteiger partial charge < -0.3 is 54.1 Å². The minimum Gasteiger partial charge on any atom is -0.508 e. The summed E-state index contributed by atoms with van der Waals surface area (Å²) in [5.74, 6) is -4.83. The number of aromatic nitrogens is 1. The number of guanidine groups is 1. The van der Waals surface area contributed by atoms with Gasteiger partial charge in [0.2, 0.25) is 23.6 Å². The Morgan fingerprint density at radius 2 is 1.46 bits per heavy atom. The number of phenolic OH excluding ortho intramolecular Hbond substituents is 1. The SMILES string of the molecule is NC(=O)CC(NC(=O)C(Cc1c[nH]c2ccccc12)NC(=O)C(CCCN=C(N)N)NC(=O)C(N)Cc1ccc(O)cc1)C(=O)O. The summed E-state index contributed by atoms with van der Waals surface area (Å²) in [7, 11) is 0. The van der Waals surface area contributed by atoms with Gasteiger partial charge in [-0.3, -0.25) is 24.2 Å². The molecule has 16 nitrogen and oxygen atoms in total. The molecule has 1 aromatic heterocycles. The van der Waals surface area contributed by atoms with Gasteiger partial charge in [-0.15, -0.1) is 0 Å². The molecule has 46 heavy (non-hydrogen) atoms. The van der Waals surface area contributed by atoms with E-state index in [1.54, 1.807) is 24.4 Å². The van der Waals surface area contributed by atoms with Crippen LogP contribution in [0.15, 0.2) is 59.7 Å². The van der Waals surface area contributed by atoms with E-state index >= 15 is 0 Å². The Kier molecular flexibility index (Phi) is 12.5. The standard InChI is InChI=1S/C30H39N9O7/c31-20(12-16-7-9-18(40)10-8-16)26(42)37-22(6-3-11-35-30(33)34)27(43)38-23(28(44)39-24(29(45)46)14-25(32)41)13-17-15-36-21-5-2-1-4-19(17)21/h1-2,4-5,7-10,15,20,22-24,36,40H,3,6,11-14,31H2,(H2,32,41)(H,37,42)(H,38,43)(H,39,44)(H,45,46)(H4,33,34,35). The molecule has 246 valence electrons. The number of hydrogen-bond donors (Lipinski definition) is 10. The summed E-state index contributed by atoms with van der Waals surface area (Å²) < 4.78 is 0. The van der Waals surface area contributed by atoms with Gasteiger partial charge in [0.1, 0.15) is 23.9 Å². The minimum absolute atomic E-state index is 0.0508. The maximum Gasteiger partial charge on any atom is 0.326 e. The molecule has 0 aliphatic rings. The van der Waals surface area contributed by atoms with Crippen LogP contribution in [0, 0.1) is 0 Å². The number of carbonyl (C=O) groups is 5. The lowest BCUT2D eigenvalue weighted by molar-refractivity contribution is -0.143. The molecule has 3 aromatic rings. The summed E-state index contributed by atoms with van der Waals surface area (Å²) in [5.41, 5.74) is 24.2. The summed E-state index contributed by atoms with van der Waals surface area (Å²) in [6.07, 6.45) is 1.35. The average molecular weight is 638 g/mol. The summed E-state index contributed by atoms with van der Waals surface area (Å²) in [4.78, 5) is 70.3. The van der Waals surface area contributed by atoms with Crippen LogP contribution >= 0.6 is 0 Å². The van der Waals surface area contributed by atoms with Crippen molar-refractivity contribution in [2.75, 3.05) is 6.54 Å². The first-order valence-corrected chi connectivity index (χ1v) is 14.4. The number of nitrogens with one attached hydrogen (secondary N) is 4. The molecule has 0 fully saturated rings. The van der Waals surface area contributed by atoms with E-state index in [1.807, 2.05) is 18.2 Å². The average Bonchev–Trinajstić information content (AvgIpc) is 3.41. The Morgan fingerprint density at radius 3 is 2.11 bits per heavy atom. The van der Waals surface area contributed by atoms with Crippen LogP contribution in [0.4, 0.5) is 0 Å². The number of aromatic hydroxyl groups is 1. The second-order valence-corrected chi connectivity index (χ2v) is 10.7. The van der Waals surface area contributed by atoms with Gasteiger partial charge in [0.05, 0.1) is 12.5 Å². The second-order valence-electron chi connectivity index (χ2n) is 10.7. The number of aromatic amines is 1. The Morgan fingerprint density at radius 1 is 0.826 bits per heavy atom. The molecule has 2 aromatic carbocycles. The molecule has 0 radical (unpaired) electrons. The summed E-state index contributed by atoms with van der Waals surface area (Å²) >= 11 is 0. The van der Waals surface area contributed by atoms with Gasteiger partial charge in [-0.05, 0) is 48.6 Å². The fourth-order valence-corrected chi connectivity index (χ4v) is 4.71. The number of hydrogen-bond acceptors (Lipinski definition) is 8. The van der Waals surface area contributed by atoms with Crippen LogP contribution in [0.5, 0.6) is 5.75 Å². The molecule has 14 N–H and O–H groups in total. The van der Waals surface area contributed by atoms with Crippen LogP contribution in [0.25, 0.3) is 10.9 Å². The fraction of sp³-hybridized carbons (Fsp3) is 0.333. The molecular formula is C30H39N9O7. The number of carbonyl (C=O) groups excluding carboxylic acids is 4. The normalized spacial score (nSPS) is 13.5. The van der Waals surface area contributed by atoms with Gasteiger partial charge >= 0.3 is 5.97 Å². The molecule has 0 bridgehead atoms. The zero-order valence-electron chi connectivity index (χ0n) is 24.9. The zero-order valence-corrected chi connectivity index (χ0v) is 24.9. The molecular weight excluding hydrogens is 598 g/mol. The van der Waals surface area contributed by atoms with Crippen molar-refractivity contribution in [3.63, 3.8) is 0 Å². The van der Waals surface area contributed by atoms with Crippen molar-refractivity contribution >= 4 is 46.5 Å². The summed E-state index contributed by atoms with van der Waals surface area (Å²) in [5, 5.41) is 27.3. The minimum atomic E-state index is -1.64. The van der Waals surface area contributed by atoms with Crippen LogP contribution in [0.1, 0.15) is 30.4 Å². The third kappa shape index (κ3) is 10.5. The monoisotopic (exact) mass is 637 g/mol. The number of rotatable bonds is 17. The number of para-hydroxylation sites is 1. The van der Waals surface area contributed by atoms with Crippen LogP contribution in [-0.4, -0.2) is 81.5 Å². The number of benzene rings is 2. The summed E-state index contributed by atoms with van der Waals surface area (Å²) in [6.45, 7) is 0.147. The zero-order chi connectivity index (χ0) is 33.8. The summed E-state index contributed by atoms with van der Waals surface area (Å²) in [6, 6.07) is 8.16. The van der Waals surface area contributed by atoms with Crippen molar-refractivity contribution in [2.45, 2.75) is 56.3 Å².